The summed E-state index contributed by atoms with van der Waals surface area (Å²) in [5, 5.41) is 15.3. The van der Waals surface area contributed by atoms with Crippen LogP contribution in [0.25, 0.3) is 10.4 Å². The van der Waals surface area contributed by atoms with Gasteiger partial charge in [-0.15, -0.1) is 11.3 Å². The summed E-state index contributed by atoms with van der Waals surface area (Å²) in [6.07, 6.45) is 3.17. The van der Waals surface area contributed by atoms with Gasteiger partial charge in [-0.3, -0.25) is 5.10 Å². The molecule has 154 valence electrons. The van der Waals surface area contributed by atoms with Crippen molar-refractivity contribution in [2.24, 2.45) is 0 Å². The molecule has 0 amide bonds. The fourth-order valence-electron chi connectivity index (χ4n) is 2.81. The highest BCUT2D eigenvalue weighted by atomic mass is 32.1. The lowest BCUT2D eigenvalue weighted by molar-refractivity contribution is 0.324. The first-order chi connectivity index (χ1) is 14.7. The van der Waals surface area contributed by atoms with E-state index in [9.17, 15) is 0 Å². The SMILES string of the molecule is COc1cc(Nc2ncnc(Nc3[nH]ncc3-c3cccs3)n2)cc(OC)c1OC. The summed E-state index contributed by atoms with van der Waals surface area (Å²) in [5.74, 6) is 2.95. The van der Waals surface area contributed by atoms with Gasteiger partial charge in [0.05, 0.1) is 33.1 Å². The molecular formula is C19H19N7O3S. The molecule has 0 saturated heterocycles. The van der Waals surface area contributed by atoms with Crippen molar-refractivity contribution in [3.63, 3.8) is 0 Å². The van der Waals surface area contributed by atoms with E-state index >= 15 is 0 Å². The molecule has 1 aromatic carbocycles. The van der Waals surface area contributed by atoms with Gasteiger partial charge in [0.2, 0.25) is 17.6 Å². The number of thiophene rings is 1. The number of nitrogens with one attached hydrogen (secondary N) is 3. The minimum absolute atomic E-state index is 0.346. The van der Waals surface area contributed by atoms with Gasteiger partial charge in [0.1, 0.15) is 12.1 Å². The maximum atomic E-state index is 5.38. The number of nitrogens with zero attached hydrogens (tertiary/aromatic N) is 4. The Hall–Kier alpha value is -3.86. The van der Waals surface area contributed by atoms with Gasteiger partial charge in [-0.05, 0) is 11.4 Å². The minimum atomic E-state index is 0.346. The molecule has 3 aromatic heterocycles. The average molecular weight is 425 g/mol. The highest BCUT2D eigenvalue weighted by Crippen LogP contribution is 2.40. The molecule has 30 heavy (non-hydrogen) atoms. The fourth-order valence-corrected chi connectivity index (χ4v) is 3.55. The molecule has 4 rings (SSSR count). The fraction of sp³-hybridized carbons (Fsp3) is 0.158. The van der Waals surface area contributed by atoms with Gasteiger partial charge in [0, 0.05) is 22.7 Å². The molecule has 0 aliphatic heterocycles. The summed E-state index contributed by atoms with van der Waals surface area (Å²) < 4.78 is 16.1. The Balaban J connectivity index is 1.57. The molecule has 0 unspecified atom stereocenters. The Morgan fingerprint density at radius 2 is 1.70 bits per heavy atom. The topological polar surface area (TPSA) is 119 Å². The predicted octanol–water partition coefficient (Wildman–Crippen LogP) is 3.84. The number of aromatic amines is 1. The number of hydrogen-bond acceptors (Lipinski definition) is 10. The first kappa shape index (κ1) is 19.5. The lowest BCUT2D eigenvalue weighted by Gasteiger charge is -2.14. The summed E-state index contributed by atoms with van der Waals surface area (Å²) in [7, 11) is 4.67. The van der Waals surface area contributed by atoms with Crippen molar-refractivity contribution in [2.45, 2.75) is 0 Å². The number of ether oxygens (including phenoxy) is 3. The number of hydrogen-bond donors (Lipinski definition) is 3. The van der Waals surface area contributed by atoms with Gasteiger partial charge in [-0.2, -0.15) is 10.1 Å². The highest BCUT2D eigenvalue weighted by Gasteiger charge is 2.15. The Labute approximate surface area is 176 Å². The Morgan fingerprint density at radius 3 is 2.33 bits per heavy atom. The van der Waals surface area contributed by atoms with Gasteiger partial charge >= 0.3 is 0 Å². The van der Waals surface area contributed by atoms with Gasteiger partial charge in [0.25, 0.3) is 0 Å². The summed E-state index contributed by atoms with van der Waals surface area (Å²) in [6, 6.07) is 7.54. The van der Waals surface area contributed by atoms with Crippen LogP contribution in [-0.2, 0) is 0 Å². The van der Waals surface area contributed by atoms with Gasteiger partial charge in [-0.1, -0.05) is 6.07 Å². The van der Waals surface area contributed by atoms with Gasteiger partial charge in [0.15, 0.2) is 11.5 Å². The third kappa shape index (κ3) is 3.96. The number of rotatable bonds is 8. The van der Waals surface area contributed by atoms with Crippen LogP contribution in [0.4, 0.5) is 23.4 Å². The van der Waals surface area contributed by atoms with E-state index in [2.05, 4.69) is 35.8 Å². The zero-order chi connectivity index (χ0) is 20.9. The largest absolute Gasteiger partial charge is 0.493 e. The van der Waals surface area contributed by atoms with E-state index in [1.165, 1.54) is 6.33 Å². The van der Waals surface area contributed by atoms with Crippen LogP contribution in [0.2, 0.25) is 0 Å². The zero-order valence-corrected chi connectivity index (χ0v) is 17.3. The van der Waals surface area contributed by atoms with Crippen molar-refractivity contribution in [2.75, 3.05) is 32.0 Å². The molecule has 0 bridgehead atoms. The van der Waals surface area contributed by atoms with Crippen LogP contribution in [0.15, 0.2) is 42.2 Å². The number of anilines is 4. The normalized spacial score (nSPS) is 10.5. The number of H-pyrrole nitrogens is 1. The lowest BCUT2D eigenvalue weighted by Crippen LogP contribution is -2.04. The van der Waals surface area contributed by atoms with Crippen LogP contribution in [0.3, 0.4) is 0 Å². The molecule has 0 saturated carbocycles. The minimum Gasteiger partial charge on any atom is -0.493 e. The van der Waals surface area contributed by atoms with E-state index in [0.717, 1.165) is 10.4 Å². The molecule has 3 N–H and O–H groups in total. The van der Waals surface area contributed by atoms with E-state index in [4.69, 9.17) is 14.2 Å². The molecule has 0 spiro atoms. The lowest BCUT2D eigenvalue weighted by atomic mass is 10.2. The molecule has 3 heterocycles. The molecule has 0 atom stereocenters. The summed E-state index contributed by atoms with van der Waals surface area (Å²) >= 11 is 1.62. The van der Waals surface area contributed by atoms with E-state index in [1.54, 1.807) is 51.0 Å². The quantitative estimate of drug-likeness (QED) is 0.387. The third-order valence-corrected chi connectivity index (χ3v) is 5.06. The smallest absolute Gasteiger partial charge is 0.233 e. The van der Waals surface area contributed by atoms with E-state index in [-0.39, 0.29) is 0 Å². The molecular weight excluding hydrogens is 406 g/mol. The molecule has 0 radical (unpaired) electrons. The molecule has 0 aliphatic rings. The number of aromatic nitrogens is 5. The molecule has 4 aromatic rings. The summed E-state index contributed by atoms with van der Waals surface area (Å²) in [4.78, 5) is 13.9. The van der Waals surface area contributed by atoms with Crippen molar-refractivity contribution in [3.8, 4) is 27.7 Å². The molecule has 10 nitrogen and oxygen atoms in total. The Morgan fingerprint density at radius 1 is 0.967 bits per heavy atom. The van der Waals surface area contributed by atoms with Crippen LogP contribution in [-0.4, -0.2) is 46.5 Å². The number of methoxy groups -OCH3 is 3. The summed E-state index contributed by atoms with van der Waals surface area (Å²) in [6.45, 7) is 0. The van der Waals surface area contributed by atoms with E-state index in [1.807, 2.05) is 17.5 Å². The van der Waals surface area contributed by atoms with E-state index < -0.39 is 0 Å². The summed E-state index contributed by atoms with van der Waals surface area (Å²) in [5.41, 5.74) is 1.60. The van der Waals surface area contributed by atoms with Crippen molar-refractivity contribution in [3.05, 3.63) is 42.2 Å². The number of benzene rings is 1. The molecule has 0 fully saturated rings. The highest BCUT2D eigenvalue weighted by molar-refractivity contribution is 7.13. The maximum Gasteiger partial charge on any atom is 0.233 e. The van der Waals surface area contributed by atoms with Crippen LogP contribution in [0, 0.1) is 0 Å². The van der Waals surface area contributed by atoms with Crippen LogP contribution in [0.1, 0.15) is 0 Å². The first-order valence-corrected chi connectivity index (χ1v) is 9.70. The van der Waals surface area contributed by atoms with Crippen LogP contribution < -0.4 is 24.8 Å². The van der Waals surface area contributed by atoms with Crippen molar-refractivity contribution in [1.29, 1.82) is 0 Å². The van der Waals surface area contributed by atoms with Crippen molar-refractivity contribution < 1.29 is 14.2 Å². The first-order valence-electron chi connectivity index (χ1n) is 8.82. The van der Waals surface area contributed by atoms with Crippen molar-refractivity contribution >= 4 is 34.7 Å². The Bertz CT molecular complexity index is 1110. The van der Waals surface area contributed by atoms with Crippen LogP contribution >= 0.6 is 11.3 Å². The predicted molar refractivity (Wildman–Crippen MR) is 114 cm³/mol. The Kier molecular flexibility index (Phi) is 5.61. The van der Waals surface area contributed by atoms with Crippen molar-refractivity contribution in [1.82, 2.24) is 25.1 Å². The van der Waals surface area contributed by atoms with Gasteiger partial charge in [-0.25, -0.2) is 9.97 Å². The molecule has 11 heteroatoms. The van der Waals surface area contributed by atoms with Gasteiger partial charge < -0.3 is 24.8 Å². The molecule has 0 aliphatic carbocycles. The van der Waals surface area contributed by atoms with E-state index in [0.29, 0.717) is 40.7 Å². The van der Waals surface area contributed by atoms with Crippen LogP contribution in [0.5, 0.6) is 17.2 Å². The second-order valence-corrected chi connectivity index (χ2v) is 6.88. The second kappa shape index (κ2) is 8.66. The zero-order valence-electron chi connectivity index (χ0n) is 16.5. The third-order valence-electron chi connectivity index (χ3n) is 4.16. The second-order valence-electron chi connectivity index (χ2n) is 5.93. The maximum absolute atomic E-state index is 5.38. The average Bonchev–Trinajstić information content (AvgIpc) is 3.45. The monoisotopic (exact) mass is 425 g/mol. The standard InChI is InChI=1S/C19H19N7O3S/c1-27-13-7-11(8-14(28-2)16(13)29-3)23-18-20-10-21-19(25-18)24-17-12(9-22-26-17)15-5-4-6-30-15/h4-10H,1-3H3,(H3,20,21,22,23,24,25,26).